The molecule has 0 radical (unpaired) electrons. The van der Waals surface area contributed by atoms with Gasteiger partial charge in [-0.2, -0.15) is 0 Å². The molecule has 1 heterocycles. The predicted octanol–water partition coefficient (Wildman–Crippen LogP) is 3.98. The number of hydrogen-bond donors (Lipinski definition) is 1. The number of halogens is 1. The Morgan fingerprint density at radius 3 is 2.89 bits per heavy atom. The Labute approximate surface area is 118 Å². The van der Waals surface area contributed by atoms with E-state index < -0.39 is 5.97 Å². The molecule has 0 unspecified atom stereocenters. The van der Waals surface area contributed by atoms with E-state index in [0.717, 1.165) is 20.7 Å². The van der Waals surface area contributed by atoms with Crippen LogP contribution in [0.2, 0.25) is 0 Å². The standard InChI is InChI=1S/C13H12BrNO2S/c14-11-6-2-1-5-10(11)13-15-9(8-18-13)4-3-7-12(16)17/h1-2,5-6,8H,3-4,7H2,(H,16,17). The number of carbonyl (C=O) groups is 1. The van der Waals surface area contributed by atoms with Crippen molar-refractivity contribution in [1.82, 2.24) is 4.98 Å². The Hall–Kier alpha value is -1.20. The van der Waals surface area contributed by atoms with E-state index in [1.165, 1.54) is 0 Å². The maximum Gasteiger partial charge on any atom is 0.303 e. The van der Waals surface area contributed by atoms with E-state index in [-0.39, 0.29) is 6.42 Å². The fourth-order valence-corrected chi connectivity index (χ4v) is 3.10. The van der Waals surface area contributed by atoms with Crippen LogP contribution in [-0.4, -0.2) is 16.1 Å². The summed E-state index contributed by atoms with van der Waals surface area (Å²) in [5.74, 6) is -0.753. The molecule has 0 atom stereocenters. The average Bonchev–Trinajstić information content (AvgIpc) is 2.78. The van der Waals surface area contributed by atoms with Gasteiger partial charge in [0.1, 0.15) is 5.01 Å². The van der Waals surface area contributed by atoms with Crippen LogP contribution in [0.25, 0.3) is 10.6 Å². The average molecular weight is 326 g/mol. The largest absolute Gasteiger partial charge is 0.481 e. The molecular formula is C13H12BrNO2S. The fraction of sp³-hybridized carbons (Fsp3) is 0.231. The van der Waals surface area contributed by atoms with Gasteiger partial charge in [-0.05, 0) is 18.9 Å². The summed E-state index contributed by atoms with van der Waals surface area (Å²) in [5, 5.41) is 11.5. The van der Waals surface area contributed by atoms with Gasteiger partial charge in [0.15, 0.2) is 0 Å². The van der Waals surface area contributed by atoms with Gasteiger partial charge in [-0.15, -0.1) is 11.3 Å². The number of nitrogens with zero attached hydrogens (tertiary/aromatic N) is 1. The Bertz CT molecular complexity index is 553. The number of aromatic nitrogens is 1. The summed E-state index contributed by atoms with van der Waals surface area (Å²) < 4.78 is 1.02. The lowest BCUT2D eigenvalue weighted by atomic mass is 10.2. The minimum Gasteiger partial charge on any atom is -0.481 e. The summed E-state index contributed by atoms with van der Waals surface area (Å²) in [7, 11) is 0. The zero-order valence-electron chi connectivity index (χ0n) is 9.60. The topological polar surface area (TPSA) is 50.2 Å². The zero-order chi connectivity index (χ0) is 13.0. The van der Waals surface area contributed by atoms with Gasteiger partial charge >= 0.3 is 5.97 Å². The molecule has 0 saturated carbocycles. The van der Waals surface area contributed by atoms with Crippen LogP contribution >= 0.6 is 27.3 Å². The first kappa shape index (κ1) is 13.2. The van der Waals surface area contributed by atoms with Crippen LogP contribution in [0.4, 0.5) is 0 Å². The molecular weight excluding hydrogens is 314 g/mol. The van der Waals surface area contributed by atoms with Crippen molar-refractivity contribution in [2.45, 2.75) is 19.3 Å². The first-order chi connectivity index (χ1) is 8.66. The van der Waals surface area contributed by atoms with Gasteiger partial charge < -0.3 is 5.11 Å². The van der Waals surface area contributed by atoms with E-state index in [0.29, 0.717) is 12.8 Å². The summed E-state index contributed by atoms with van der Waals surface area (Å²) in [4.78, 5) is 15.0. The summed E-state index contributed by atoms with van der Waals surface area (Å²) >= 11 is 5.09. The summed E-state index contributed by atoms with van der Waals surface area (Å²) in [6.45, 7) is 0. The van der Waals surface area contributed by atoms with Crippen LogP contribution in [0.15, 0.2) is 34.1 Å². The van der Waals surface area contributed by atoms with Gasteiger partial charge in [-0.3, -0.25) is 4.79 Å². The molecule has 3 nitrogen and oxygen atoms in total. The quantitative estimate of drug-likeness (QED) is 0.904. The van der Waals surface area contributed by atoms with E-state index in [4.69, 9.17) is 5.11 Å². The third-order valence-corrected chi connectivity index (χ3v) is 4.10. The molecule has 5 heteroatoms. The molecule has 18 heavy (non-hydrogen) atoms. The van der Waals surface area contributed by atoms with Crippen LogP contribution in [0, 0.1) is 0 Å². The second-order valence-electron chi connectivity index (χ2n) is 3.87. The zero-order valence-corrected chi connectivity index (χ0v) is 12.0. The lowest BCUT2D eigenvalue weighted by Gasteiger charge is -1.99. The van der Waals surface area contributed by atoms with Gasteiger partial charge in [0.25, 0.3) is 0 Å². The molecule has 1 aromatic heterocycles. The fourth-order valence-electron chi connectivity index (χ4n) is 1.60. The second kappa shape index (κ2) is 6.11. The highest BCUT2D eigenvalue weighted by molar-refractivity contribution is 9.10. The smallest absolute Gasteiger partial charge is 0.303 e. The molecule has 0 bridgehead atoms. The summed E-state index contributed by atoms with van der Waals surface area (Å²) in [5.41, 5.74) is 2.04. The Morgan fingerprint density at radius 2 is 2.17 bits per heavy atom. The molecule has 2 aromatic rings. The molecule has 0 spiro atoms. The van der Waals surface area contributed by atoms with Crippen LogP contribution in [0.3, 0.4) is 0 Å². The van der Waals surface area contributed by atoms with Crippen molar-refractivity contribution in [2.24, 2.45) is 0 Å². The van der Waals surface area contributed by atoms with Crippen molar-refractivity contribution in [2.75, 3.05) is 0 Å². The first-order valence-corrected chi connectivity index (χ1v) is 7.25. The van der Waals surface area contributed by atoms with Crippen molar-refractivity contribution in [3.63, 3.8) is 0 Å². The number of thiazole rings is 1. The number of hydrogen-bond acceptors (Lipinski definition) is 3. The maximum absolute atomic E-state index is 10.4. The summed E-state index contributed by atoms with van der Waals surface area (Å²) in [6, 6.07) is 7.95. The maximum atomic E-state index is 10.4. The lowest BCUT2D eigenvalue weighted by molar-refractivity contribution is -0.137. The van der Waals surface area contributed by atoms with Crippen LogP contribution < -0.4 is 0 Å². The first-order valence-electron chi connectivity index (χ1n) is 5.58. The van der Waals surface area contributed by atoms with E-state index in [9.17, 15) is 4.79 Å². The predicted molar refractivity (Wildman–Crippen MR) is 75.8 cm³/mol. The van der Waals surface area contributed by atoms with Gasteiger partial charge in [-0.25, -0.2) is 4.98 Å². The Kier molecular flexibility index (Phi) is 4.49. The van der Waals surface area contributed by atoms with Crippen LogP contribution in [0.1, 0.15) is 18.5 Å². The van der Waals surface area contributed by atoms with Crippen LogP contribution in [0.5, 0.6) is 0 Å². The van der Waals surface area contributed by atoms with Crippen molar-refractivity contribution < 1.29 is 9.90 Å². The van der Waals surface area contributed by atoms with E-state index in [1.54, 1.807) is 11.3 Å². The molecule has 94 valence electrons. The molecule has 0 amide bonds. The van der Waals surface area contributed by atoms with E-state index >= 15 is 0 Å². The van der Waals surface area contributed by atoms with Gasteiger partial charge in [0.05, 0.1) is 5.69 Å². The molecule has 1 N–H and O–H groups in total. The normalized spacial score (nSPS) is 10.5. The van der Waals surface area contributed by atoms with E-state index in [2.05, 4.69) is 20.9 Å². The van der Waals surface area contributed by atoms with Crippen molar-refractivity contribution >= 4 is 33.2 Å². The Balaban J connectivity index is 2.06. The molecule has 1 aromatic carbocycles. The number of rotatable bonds is 5. The highest BCUT2D eigenvalue weighted by Crippen LogP contribution is 2.30. The molecule has 0 aliphatic carbocycles. The second-order valence-corrected chi connectivity index (χ2v) is 5.58. The molecule has 0 aliphatic heterocycles. The van der Waals surface area contributed by atoms with Gasteiger partial charge in [0.2, 0.25) is 0 Å². The molecule has 0 saturated heterocycles. The van der Waals surface area contributed by atoms with Crippen molar-refractivity contribution in [1.29, 1.82) is 0 Å². The van der Waals surface area contributed by atoms with Gasteiger partial charge in [0, 0.05) is 21.8 Å². The number of benzene rings is 1. The minimum atomic E-state index is -0.753. The minimum absolute atomic E-state index is 0.196. The summed E-state index contributed by atoms with van der Waals surface area (Å²) in [6.07, 6.45) is 1.55. The molecule has 2 rings (SSSR count). The SMILES string of the molecule is O=C(O)CCCc1csc(-c2ccccc2Br)n1. The molecule has 0 fully saturated rings. The van der Waals surface area contributed by atoms with Gasteiger partial charge in [-0.1, -0.05) is 34.1 Å². The highest BCUT2D eigenvalue weighted by atomic mass is 79.9. The monoisotopic (exact) mass is 325 g/mol. The number of carboxylic acids is 1. The highest BCUT2D eigenvalue weighted by Gasteiger charge is 2.08. The number of aryl methyl sites for hydroxylation is 1. The lowest BCUT2D eigenvalue weighted by Crippen LogP contribution is -1.96. The van der Waals surface area contributed by atoms with Crippen molar-refractivity contribution in [3.8, 4) is 10.6 Å². The number of aliphatic carboxylic acids is 1. The third kappa shape index (κ3) is 3.40. The van der Waals surface area contributed by atoms with Crippen molar-refractivity contribution in [3.05, 3.63) is 39.8 Å². The van der Waals surface area contributed by atoms with E-state index in [1.807, 2.05) is 29.6 Å². The van der Waals surface area contributed by atoms with Crippen LogP contribution in [-0.2, 0) is 11.2 Å². The molecule has 0 aliphatic rings. The number of carboxylic acid groups (broad SMARTS) is 1. The third-order valence-electron chi connectivity index (χ3n) is 2.48. The Morgan fingerprint density at radius 1 is 1.39 bits per heavy atom.